The second-order valence-electron chi connectivity index (χ2n) is 5.31. The van der Waals surface area contributed by atoms with Gasteiger partial charge in [-0.3, -0.25) is 4.99 Å². The van der Waals surface area contributed by atoms with E-state index < -0.39 is 24.7 Å². The van der Waals surface area contributed by atoms with Crippen LogP contribution in [0.1, 0.15) is 16.3 Å². The minimum atomic E-state index is -4.50. The molecule has 13 heteroatoms. The maximum absolute atomic E-state index is 12.5. The van der Waals surface area contributed by atoms with E-state index in [-0.39, 0.29) is 29.9 Å². The second-order valence-corrected chi connectivity index (χ2v) is 6.25. The van der Waals surface area contributed by atoms with E-state index in [9.17, 15) is 26.3 Å². The van der Waals surface area contributed by atoms with Crippen LogP contribution in [0, 0.1) is 0 Å². The summed E-state index contributed by atoms with van der Waals surface area (Å²) in [6, 6.07) is 2.90. The number of hydrogen-bond acceptors (Lipinski definition) is 5. The third-order valence-corrected chi connectivity index (χ3v) is 3.96. The number of ether oxygens (including phenoxy) is 1. The quantitative estimate of drug-likeness (QED) is 0.420. The van der Waals surface area contributed by atoms with E-state index in [1.807, 2.05) is 0 Å². The standard InChI is InChI=1S/C15H15F6N5OS/c1-22-13(25-6-12-26-10(7-28-12)15(19,20)21)24-5-9-2-3-23-11(4-9)27-8-14(16,17)18/h2-4,7H,5-6,8H2,1H3,(H2,22,24,25). The molecule has 0 fully saturated rings. The maximum atomic E-state index is 12.5. The number of halogens is 6. The largest absolute Gasteiger partial charge is 0.468 e. The molecular formula is C15H15F6N5OS. The number of nitrogens with zero attached hydrogens (tertiary/aromatic N) is 3. The Labute approximate surface area is 159 Å². The zero-order valence-electron chi connectivity index (χ0n) is 14.4. The Bertz CT molecular complexity index is 805. The number of nitrogens with one attached hydrogen (secondary N) is 2. The van der Waals surface area contributed by atoms with E-state index >= 15 is 0 Å². The minimum Gasteiger partial charge on any atom is -0.468 e. The summed E-state index contributed by atoms with van der Waals surface area (Å²) in [6.07, 6.45) is -7.67. The third kappa shape index (κ3) is 7.21. The molecular weight excluding hydrogens is 412 g/mol. The van der Waals surface area contributed by atoms with Crippen LogP contribution in [-0.2, 0) is 19.3 Å². The van der Waals surface area contributed by atoms with Gasteiger partial charge in [-0.2, -0.15) is 26.3 Å². The summed E-state index contributed by atoms with van der Waals surface area (Å²) in [4.78, 5) is 11.1. The summed E-state index contributed by atoms with van der Waals surface area (Å²) < 4.78 is 78.7. The molecule has 0 saturated heterocycles. The molecule has 2 aromatic rings. The van der Waals surface area contributed by atoms with Crippen LogP contribution in [0.15, 0.2) is 28.7 Å². The number of rotatable bonds is 6. The van der Waals surface area contributed by atoms with Crippen LogP contribution in [0.25, 0.3) is 0 Å². The molecule has 0 spiro atoms. The summed E-state index contributed by atoms with van der Waals surface area (Å²) >= 11 is 0.860. The van der Waals surface area contributed by atoms with Gasteiger partial charge in [-0.25, -0.2) is 9.97 Å². The van der Waals surface area contributed by atoms with Crippen LogP contribution in [0.3, 0.4) is 0 Å². The summed E-state index contributed by atoms with van der Waals surface area (Å²) in [7, 11) is 1.46. The molecule has 0 aliphatic heterocycles. The van der Waals surface area contributed by atoms with Gasteiger partial charge in [0.1, 0.15) is 5.01 Å². The fourth-order valence-electron chi connectivity index (χ4n) is 1.88. The van der Waals surface area contributed by atoms with E-state index in [4.69, 9.17) is 0 Å². The molecule has 2 rings (SSSR count). The Morgan fingerprint density at radius 3 is 2.50 bits per heavy atom. The predicted molar refractivity (Wildman–Crippen MR) is 89.9 cm³/mol. The fourth-order valence-corrected chi connectivity index (χ4v) is 2.62. The molecule has 0 atom stereocenters. The Morgan fingerprint density at radius 1 is 1.18 bits per heavy atom. The molecule has 6 nitrogen and oxygen atoms in total. The molecule has 0 aliphatic rings. The lowest BCUT2D eigenvalue weighted by atomic mass is 10.2. The Hall–Kier alpha value is -2.57. The molecule has 28 heavy (non-hydrogen) atoms. The van der Waals surface area contributed by atoms with Crippen molar-refractivity contribution >= 4 is 17.3 Å². The first-order valence-corrected chi connectivity index (χ1v) is 8.55. The first kappa shape index (κ1) is 21.7. The van der Waals surface area contributed by atoms with Crippen molar-refractivity contribution in [3.05, 3.63) is 40.0 Å². The number of aromatic nitrogens is 2. The second kappa shape index (κ2) is 9.08. The van der Waals surface area contributed by atoms with Crippen LogP contribution in [-0.4, -0.2) is 35.8 Å². The minimum absolute atomic E-state index is 0.0245. The molecule has 0 bridgehead atoms. The zero-order valence-corrected chi connectivity index (χ0v) is 15.2. The number of pyridine rings is 1. The van der Waals surface area contributed by atoms with Crippen LogP contribution in [0.2, 0.25) is 0 Å². The van der Waals surface area contributed by atoms with E-state index in [0.717, 1.165) is 16.7 Å². The van der Waals surface area contributed by atoms with Gasteiger partial charge >= 0.3 is 12.4 Å². The highest BCUT2D eigenvalue weighted by molar-refractivity contribution is 7.09. The van der Waals surface area contributed by atoms with Crippen molar-refractivity contribution in [2.45, 2.75) is 25.4 Å². The predicted octanol–water partition coefficient (Wildman–Crippen LogP) is 3.36. The van der Waals surface area contributed by atoms with Gasteiger partial charge in [-0.05, 0) is 11.6 Å². The fraction of sp³-hybridized carbons (Fsp3) is 0.400. The summed E-state index contributed by atoms with van der Waals surface area (Å²) in [6.45, 7) is -1.25. The van der Waals surface area contributed by atoms with Gasteiger partial charge in [0.25, 0.3) is 0 Å². The molecule has 0 saturated carbocycles. The number of guanidine groups is 1. The van der Waals surface area contributed by atoms with Gasteiger partial charge in [0.15, 0.2) is 18.3 Å². The number of thiazole rings is 1. The monoisotopic (exact) mass is 427 g/mol. The van der Waals surface area contributed by atoms with E-state index in [2.05, 4.69) is 30.3 Å². The molecule has 2 aromatic heterocycles. The summed E-state index contributed by atoms with van der Waals surface area (Å²) in [5, 5.41) is 6.83. The van der Waals surface area contributed by atoms with Gasteiger partial charge < -0.3 is 15.4 Å². The molecule has 0 unspecified atom stereocenters. The summed E-state index contributed by atoms with van der Waals surface area (Å²) in [5.74, 6) is 0.0976. The van der Waals surface area contributed by atoms with Gasteiger partial charge in [0.2, 0.25) is 5.88 Å². The number of hydrogen-bond donors (Lipinski definition) is 2. The Kier molecular flexibility index (Phi) is 7.05. The SMILES string of the molecule is CN=C(NCc1ccnc(OCC(F)(F)F)c1)NCc1nc(C(F)(F)F)cs1. The van der Waals surface area contributed by atoms with Crippen molar-refractivity contribution in [2.75, 3.05) is 13.7 Å². The summed E-state index contributed by atoms with van der Waals surface area (Å²) in [5.41, 5.74) is -0.385. The van der Waals surface area contributed by atoms with E-state index in [0.29, 0.717) is 5.56 Å². The number of aliphatic imine (C=N–C) groups is 1. The molecule has 0 aliphatic carbocycles. The van der Waals surface area contributed by atoms with Crippen LogP contribution in [0.4, 0.5) is 26.3 Å². The average molecular weight is 427 g/mol. The van der Waals surface area contributed by atoms with E-state index in [1.165, 1.54) is 19.3 Å². The highest BCUT2D eigenvalue weighted by atomic mass is 32.1. The first-order chi connectivity index (χ1) is 13.1. The van der Waals surface area contributed by atoms with Crippen LogP contribution in [0.5, 0.6) is 5.88 Å². The highest BCUT2D eigenvalue weighted by Crippen LogP contribution is 2.29. The molecule has 154 valence electrons. The molecule has 2 N–H and O–H groups in total. The van der Waals surface area contributed by atoms with Crippen molar-refractivity contribution in [3.8, 4) is 5.88 Å². The first-order valence-electron chi connectivity index (χ1n) is 7.67. The van der Waals surface area contributed by atoms with Gasteiger partial charge in [0, 0.05) is 31.2 Å². The lowest BCUT2D eigenvalue weighted by molar-refractivity contribution is -0.154. The van der Waals surface area contributed by atoms with Crippen molar-refractivity contribution in [1.29, 1.82) is 0 Å². The lowest BCUT2D eigenvalue weighted by Crippen LogP contribution is -2.36. The topological polar surface area (TPSA) is 71.4 Å². The highest BCUT2D eigenvalue weighted by Gasteiger charge is 2.33. The Morgan fingerprint density at radius 2 is 1.89 bits per heavy atom. The van der Waals surface area contributed by atoms with Crippen LogP contribution >= 0.6 is 11.3 Å². The van der Waals surface area contributed by atoms with Gasteiger partial charge in [-0.15, -0.1) is 11.3 Å². The van der Waals surface area contributed by atoms with Crippen LogP contribution < -0.4 is 15.4 Å². The van der Waals surface area contributed by atoms with Crippen molar-refractivity contribution < 1.29 is 31.1 Å². The smallest absolute Gasteiger partial charge is 0.434 e. The molecule has 0 aromatic carbocycles. The van der Waals surface area contributed by atoms with Crippen molar-refractivity contribution in [2.24, 2.45) is 4.99 Å². The zero-order chi connectivity index (χ0) is 20.8. The molecule has 0 radical (unpaired) electrons. The average Bonchev–Trinajstić information content (AvgIpc) is 3.09. The van der Waals surface area contributed by atoms with Gasteiger partial charge in [-0.1, -0.05) is 0 Å². The maximum Gasteiger partial charge on any atom is 0.434 e. The molecule has 2 heterocycles. The lowest BCUT2D eigenvalue weighted by Gasteiger charge is -2.12. The van der Waals surface area contributed by atoms with E-state index in [1.54, 1.807) is 6.07 Å². The number of alkyl halides is 6. The third-order valence-electron chi connectivity index (χ3n) is 3.12. The molecule has 0 amide bonds. The van der Waals surface area contributed by atoms with Crippen molar-refractivity contribution in [3.63, 3.8) is 0 Å². The van der Waals surface area contributed by atoms with Gasteiger partial charge in [0.05, 0.1) is 6.54 Å². The Balaban J connectivity index is 1.86. The normalized spacial score (nSPS) is 12.8. The van der Waals surface area contributed by atoms with Crippen molar-refractivity contribution in [1.82, 2.24) is 20.6 Å².